The van der Waals surface area contributed by atoms with E-state index in [0.717, 1.165) is 17.5 Å². The number of fused-ring (bicyclic) bond motifs is 1. The van der Waals surface area contributed by atoms with Gasteiger partial charge in [-0.1, -0.05) is 24.3 Å². The van der Waals surface area contributed by atoms with Gasteiger partial charge < -0.3 is 14.2 Å². The highest BCUT2D eigenvalue weighted by molar-refractivity contribution is 5.94. The van der Waals surface area contributed by atoms with Gasteiger partial charge in [0, 0.05) is 31.7 Å². The Balaban J connectivity index is 1.38. The summed E-state index contributed by atoms with van der Waals surface area (Å²) in [5.41, 5.74) is 3.08. The fourth-order valence-electron chi connectivity index (χ4n) is 3.43. The molecule has 2 aromatic carbocycles. The van der Waals surface area contributed by atoms with Crippen molar-refractivity contribution in [3.05, 3.63) is 66.1 Å². The van der Waals surface area contributed by atoms with Gasteiger partial charge >= 0.3 is 0 Å². The first kappa shape index (κ1) is 17.3. The number of rotatable bonds is 3. The molecule has 6 nitrogen and oxygen atoms in total. The van der Waals surface area contributed by atoms with E-state index in [1.165, 1.54) is 6.39 Å². The lowest BCUT2D eigenvalue weighted by Gasteiger charge is -2.22. The highest BCUT2D eigenvalue weighted by Crippen LogP contribution is 2.16. The molecule has 0 bridgehead atoms. The van der Waals surface area contributed by atoms with Gasteiger partial charge in [-0.05, 0) is 36.2 Å². The number of oxazole rings is 1. The maximum Gasteiger partial charge on any atom is 0.253 e. The highest BCUT2D eigenvalue weighted by Gasteiger charge is 2.23. The van der Waals surface area contributed by atoms with Crippen LogP contribution in [-0.2, 0) is 11.2 Å². The van der Waals surface area contributed by atoms with E-state index in [2.05, 4.69) is 4.98 Å². The molecule has 1 saturated heterocycles. The number of carbonyl (C=O) groups is 2. The molecule has 1 aliphatic rings. The molecule has 1 aliphatic heterocycles. The van der Waals surface area contributed by atoms with Crippen LogP contribution < -0.4 is 0 Å². The van der Waals surface area contributed by atoms with E-state index in [0.29, 0.717) is 43.7 Å². The molecule has 0 spiro atoms. The summed E-state index contributed by atoms with van der Waals surface area (Å²) in [7, 11) is 0. The molecule has 1 aromatic heterocycles. The summed E-state index contributed by atoms with van der Waals surface area (Å²) in [4.78, 5) is 33.1. The Morgan fingerprint density at radius 1 is 0.963 bits per heavy atom. The quantitative estimate of drug-likeness (QED) is 0.718. The largest absolute Gasteiger partial charge is 0.443 e. The standard InChI is InChI=1S/C21H21N3O3/c25-20(14-16-7-8-18-19(13-16)27-15-22-18)23-9-4-10-24(12-11-23)21(26)17-5-2-1-3-6-17/h1-3,5-8,13,15H,4,9-12,14H2. The lowest BCUT2D eigenvalue weighted by atomic mass is 10.1. The van der Waals surface area contributed by atoms with Crippen molar-refractivity contribution in [3.8, 4) is 0 Å². The molecule has 0 aliphatic carbocycles. The first-order chi connectivity index (χ1) is 13.2. The van der Waals surface area contributed by atoms with Crippen LogP contribution in [-0.4, -0.2) is 52.8 Å². The number of nitrogens with zero attached hydrogens (tertiary/aromatic N) is 3. The fraction of sp³-hybridized carbons (Fsp3) is 0.286. The molecule has 138 valence electrons. The van der Waals surface area contributed by atoms with E-state index in [4.69, 9.17) is 4.42 Å². The van der Waals surface area contributed by atoms with Crippen molar-refractivity contribution in [1.29, 1.82) is 0 Å². The number of hydrogen-bond acceptors (Lipinski definition) is 4. The highest BCUT2D eigenvalue weighted by atomic mass is 16.3. The second kappa shape index (κ2) is 7.61. The minimum atomic E-state index is 0.0284. The molecule has 0 saturated carbocycles. The van der Waals surface area contributed by atoms with Crippen LogP contribution in [0.2, 0.25) is 0 Å². The van der Waals surface area contributed by atoms with Crippen molar-refractivity contribution in [3.63, 3.8) is 0 Å². The van der Waals surface area contributed by atoms with Crippen molar-refractivity contribution < 1.29 is 14.0 Å². The Hall–Kier alpha value is -3.15. The van der Waals surface area contributed by atoms with Crippen LogP contribution in [0, 0.1) is 0 Å². The van der Waals surface area contributed by atoms with Crippen molar-refractivity contribution >= 4 is 22.9 Å². The number of hydrogen-bond donors (Lipinski definition) is 0. The van der Waals surface area contributed by atoms with Crippen LogP contribution in [0.4, 0.5) is 0 Å². The molecular weight excluding hydrogens is 342 g/mol. The summed E-state index contributed by atoms with van der Waals surface area (Å²) in [5.74, 6) is 0.101. The zero-order chi connectivity index (χ0) is 18.6. The van der Waals surface area contributed by atoms with Gasteiger partial charge in [0.05, 0.1) is 6.42 Å². The third-order valence-corrected chi connectivity index (χ3v) is 4.91. The molecule has 2 heterocycles. The van der Waals surface area contributed by atoms with Crippen molar-refractivity contribution in [1.82, 2.24) is 14.8 Å². The maximum atomic E-state index is 12.7. The molecule has 1 fully saturated rings. The van der Waals surface area contributed by atoms with Gasteiger partial charge in [0.15, 0.2) is 12.0 Å². The smallest absolute Gasteiger partial charge is 0.253 e. The molecule has 27 heavy (non-hydrogen) atoms. The van der Waals surface area contributed by atoms with Crippen LogP contribution in [0.25, 0.3) is 11.1 Å². The van der Waals surface area contributed by atoms with Crippen LogP contribution in [0.3, 0.4) is 0 Å². The summed E-state index contributed by atoms with van der Waals surface area (Å²) in [6.45, 7) is 2.45. The van der Waals surface area contributed by atoms with Gasteiger partial charge in [-0.3, -0.25) is 9.59 Å². The van der Waals surface area contributed by atoms with Gasteiger partial charge in [-0.25, -0.2) is 4.98 Å². The van der Waals surface area contributed by atoms with Crippen molar-refractivity contribution in [2.45, 2.75) is 12.8 Å². The summed E-state index contributed by atoms with van der Waals surface area (Å²) in [6.07, 6.45) is 2.51. The minimum absolute atomic E-state index is 0.0284. The predicted molar refractivity (Wildman–Crippen MR) is 101 cm³/mol. The van der Waals surface area contributed by atoms with Gasteiger partial charge in [0.2, 0.25) is 5.91 Å². The zero-order valence-electron chi connectivity index (χ0n) is 15.0. The molecule has 6 heteroatoms. The molecule has 0 radical (unpaired) electrons. The van der Waals surface area contributed by atoms with Crippen LogP contribution in [0.1, 0.15) is 22.3 Å². The Bertz CT molecular complexity index is 951. The third-order valence-electron chi connectivity index (χ3n) is 4.91. The minimum Gasteiger partial charge on any atom is -0.443 e. The second-order valence-electron chi connectivity index (χ2n) is 6.72. The van der Waals surface area contributed by atoms with E-state index in [9.17, 15) is 9.59 Å². The van der Waals surface area contributed by atoms with Gasteiger partial charge in [-0.2, -0.15) is 0 Å². The Morgan fingerprint density at radius 3 is 2.59 bits per heavy atom. The maximum absolute atomic E-state index is 12.7. The average Bonchev–Trinajstić information content (AvgIpc) is 3.02. The van der Waals surface area contributed by atoms with E-state index < -0.39 is 0 Å². The van der Waals surface area contributed by atoms with Gasteiger partial charge in [0.1, 0.15) is 5.52 Å². The number of carbonyl (C=O) groups excluding carboxylic acids is 2. The fourth-order valence-corrected chi connectivity index (χ4v) is 3.43. The summed E-state index contributed by atoms with van der Waals surface area (Å²) in [6, 6.07) is 14.9. The molecule has 2 amide bonds. The first-order valence-corrected chi connectivity index (χ1v) is 9.15. The topological polar surface area (TPSA) is 66.7 Å². The van der Waals surface area contributed by atoms with E-state index in [1.54, 1.807) is 0 Å². The Labute approximate surface area is 157 Å². The number of amides is 2. The van der Waals surface area contributed by atoms with Crippen LogP contribution >= 0.6 is 0 Å². The molecule has 4 rings (SSSR count). The summed E-state index contributed by atoms with van der Waals surface area (Å²) < 4.78 is 5.31. The third kappa shape index (κ3) is 3.84. The van der Waals surface area contributed by atoms with E-state index in [1.807, 2.05) is 58.3 Å². The van der Waals surface area contributed by atoms with E-state index in [-0.39, 0.29) is 11.8 Å². The molecule has 3 aromatic rings. The van der Waals surface area contributed by atoms with Crippen molar-refractivity contribution in [2.24, 2.45) is 0 Å². The molecule has 0 atom stereocenters. The summed E-state index contributed by atoms with van der Waals surface area (Å²) in [5, 5.41) is 0. The average molecular weight is 363 g/mol. The monoisotopic (exact) mass is 363 g/mol. The summed E-state index contributed by atoms with van der Waals surface area (Å²) >= 11 is 0. The first-order valence-electron chi connectivity index (χ1n) is 9.15. The zero-order valence-corrected chi connectivity index (χ0v) is 15.0. The van der Waals surface area contributed by atoms with Crippen LogP contribution in [0.5, 0.6) is 0 Å². The van der Waals surface area contributed by atoms with Crippen LogP contribution in [0.15, 0.2) is 59.3 Å². The lowest BCUT2D eigenvalue weighted by molar-refractivity contribution is -0.130. The number of benzene rings is 2. The molecule has 0 unspecified atom stereocenters. The van der Waals surface area contributed by atoms with Gasteiger partial charge in [-0.15, -0.1) is 0 Å². The predicted octanol–water partition coefficient (Wildman–Crippen LogP) is 2.75. The molecule has 0 N–H and O–H groups in total. The Morgan fingerprint density at radius 2 is 1.74 bits per heavy atom. The van der Waals surface area contributed by atoms with Crippen molar-refractivity contribution in [2.75, 3.05) is 26.2 Å². The Kier molecular flexibility index (Phi) is 4.87. The number of aromatic nitrogens is 1. The lowest BCUT2D eigenvalue weighted by Crippen LogP contribution is -2.38. The van der Waals surface area contributed by atoms with Gasteiger partial charge in [0.25, 0.3) is 5.91 Å². The normalized spacial score (nSPS) is 15.0. The second-order valence-corrected chi connectivity index (χ2v) is 6.72. The molecular formula is C21H21N3O3. The SMILES string of the molecule is O=C(Cc1ccc2ncoc2c1)N1CCCN(C(=O)c2ccccc2)CC1. The van der Waals surface area contributed by atoms with E-state index >= 15 is 0 Å².